The molecule has 0 fully saturated rings. The summed E-state index contributed by atoms with van der Waals surface area (Å²) in [7, 11) is 0. The minimum absolute atomic E-state index is 0.604. The van der Waals surface area contributed by atoms with Crippen molar-refractivity contribution in [2.75, 3.05) is 30.9 Å². The molecular formula is C18H23BrN6OS. The van der Waals surface area contributed by atoms with E-state index in [1.807, 2.05) is 13.0 Å². The molecule has 0 saturated carbocycles. The van der Waals surface area contributed by atoms with Crippen LogP contribution in [0.4, 0.5) is 5.95 Å². The molecule has 0 atom stereocenters. The van der Waals surface area contributed by atoms with Crippen molar-refractivity contribution >= 4 is 44.8 Å². The molecule has 1 aromatic carbocycles. The number of aromatic nitrogens is 4. The van der Waals surface area contributed by atoms with Crippen molar-refractivity contribution < 1.29 is 4.74 Å². The molecule has 0 aliphatic carbocycles. The summed E-state index contributed by atoms with van der Waals surface area (Å²) >= 11 is 5.35. The lowest BCUT2D eigenvalue weighted by Crippen LogP contribution is -2.27. The van der Waals surface area contributed by atoms with Gasteiger partial charge in [-0.3, -0.25) is 0 Å². The Bertz CT molecular complexity index is 870. The molecule has 0 amide bonds. The highest BCUT2D eigenvalue weighted by Crippen LogP contribution is 2.35. The second-order valence-corrected chi connectivity index (χ2v) is 7.66. The number of hydrogen-bond donors (Lipinski definition) is 2. The van der Waals surface area contributed by atoms with Gasteiger partial charge < -0.3 is 20.4 Å². The Labute approximate surface area is 171 Å². The van der Waals surface area contributed by atoms with Crippen LogP contribution in [0.15, 0.2) is 33.8 Å². The third-order valence-electron chi connectivity index (χ3n) is 4.07. The quantitative estimate of drug-likeness (QED) is 0.481. The first-order valence-corrected chi connectivity index (χ1v) is 10.8. The highest BCUT2D eigenvalue weighted by atomic mass is 79.9. The van der Waals surface area contributed by atoms with E-state index in [1.165, 1.54) is 4.90 Å². The van der Waals surface area contributed by atoms with Crippen LogP contribution in [0.2, 0.25) is 0 Å². The Morgan fingerprint density at radius 1 is 1.37 bits per heavy atom. The van der Waals surface area contributed by atoms with Gasteiger partial charge in [0.05, 0.1) is 22.8 Å². The Kier molecular flexibility index (Phi) is 6.92. The van der Waals surface area contributed by atoms with Crippen molar-refractivity contribution in [2.24, 2.45) is 5.73 Å². The topological polar surface area (TPSA) is 93.0 Å². The average molecular weight is 451 g/mol. The molecule has 2 aromatic heterocycles. The van der Waals surface area contributed by atoms with Gasteiger partial charge in [0.15, 0.2) is 0 Å². The second kappa shape index (κ2) is 9.38. The summed E-state index contributed by atoms with van der Waals surface area (Å²) in [4.78, 5) is 11.3. The largest absolute Gasteiger partial charge is 0.492 e. The molecule has 0 aliphatic rings. The third kappa shape index (κ3) is 4.72. The fourth-order valence-electron chi connectivity index (χ4n) is 2.81. The minimum atomic E-state index is 0.604. The number of ether oxygens (including phenoxy) is 1. The molecule has 0 saturated heterocycles. The maximum absolute atomic E-state index is 5.91. The first-order valence-electron chi connectivity index (χ1n) is 8.77. The standard InChI is InChI=1S/C18H23BrN6OS/c1-3-26-16-12(9-13(27-2)10-14(16)19)11-25(8-4-6-20)18-22-15-5-7-21-24-17(15)23-18/h5,7,9-10H,3-4,6,8,11,20H2,1-2H3,(H,22,23,24). The lowest BCUT2D eigenvalue weighted by atomic mass is 10.2. The Morgan fingerprint density at radius 3 is 2.93 bits per heavy atom. The molecule has 7 nitrogen and oxygen atoms in total. The second-order valence-electron chi connectivity index (χ2n) is 5.92. The normalized spacial score (nSPS) is 11.1. The number of anilines is 1. The Morgan fingerprint density at radius 2 is 2.22 bits per heavy atom. The molecule has 0 bridgehead atoms. The van der Waals surface area contributed by atoms with Gasteiger partial charge in [-0.05, 0) is 60.3 Å². The van der Waals surface area contributed by atoms with Crippen LogP contribution in [-0.4, -0.2) is 46.1 Å². The summed E-state index contributed by atoms with van der Waals surface area (Å²) in [6.45, 7) is 4.63. The maximum Gasteiger partial charge on any atom is 0.205 e. The summed E-state index contributed by atoms with van der Waals surface area (Å²) in [6, 6.07) is 6.12. The molecule has 0 aliphatic heterocycles. The van der Waals surface area contributed by atoms with Gasteiger partial charge in [-0.1, -0.05) is 0 Å². The predicted molar refractivity (Wildman–Crippen MR) is 113 cm³/mol. The highest BCUT2D eigenvalue weighted by molar-refractivity contribution is 9.10. The van der Waals surface area contributed by atoms with E-state index in [-0.39, 0.29) is 0 Å². The summed E-state index contributed by atoms with van der Waals surface area (Å²) in [5, 5.41) is 7.99. The molecule has 3 rings (SSSR count). The molecule has 9 heteroatoms. The zero-order valence-electron chi connectivity index (χ0n) is 15.4. The lowest BCUT2D eigenvalue weighted by molar-refractivity contribution is 0.333. The zero-order chi connectivity index (χ0) is 19.2. The first-order chi connectivity index (χ1) is 13.2. The first kappa shape index (κ1) is 19.9. The average Bonchev–Trinajstić information content (AvgIpc) is 3.11. The Balaban J connectivity index is 1.97. The van der Waals surface area contributed by atoms with E-state index in [2.05, 4.69) is 59.4 Å². The van der Waals surface area contributed by atoms with Gasteiger partial charge in [0.1, 0.15) is 5.75 Å². The summed E-state index contributed by atoms with van der Waals surface area (Å²) in [6.07, 6.45) is 4.58. The lowest BCUT2D eigenvalue weighted by Gasteiger charge is -2.24. The molecule has 3 N–H and O–H groups in total. The Hall–Kier alpha value is -1.84. The number of benzene rings is 1. The molecular weight excluding hydrogens is 428 g/mol. The van der Waals surface area contributed by atoms with Crippen molar-refractivity contribution in [1.29, 1.82) is 0 Å². The number of rotatable bonds is 9. The van der Waals surface area contributed by atoms with E-state index in [9.17, 15) is 0 Å². The SMILES string of the molecule is CCOc1c(Br)cc(SC)cc1CN(CCCN)c1nc2nnccc2[nH]1. The molecule has 0 unspecified atom stereocenters. The van der Waals surface area contributed by atoms with Gasteiger partial charge in [-0.15, -0.1) is 16.9 Å². The number of hydrogen-bond acceptors (Lipinski definition) is 7. The minimum Gasteiger partial charge on any atom is -0.492 e. The fourth-order valence-corrected chi connectivity index (χ4v) is 4.08. The number of fused-ring (bicyclic) bond motifs is 1. The van der Waals surface area contributed by atoms with Crippen LogP contribution in [-0.2, 0) is 6.54 Å². The number of aromatic amines is 1. The van der Waals surface area contributed by atoms with Crippen molar-refractivity contribution in [3.63, 3.8) is 0 Å². The number of nitrogens with zero attached hydrogens (tertiary/aromatic N) is 4. The molecule has 27 heavy (non-hydrogen) atoms. The maximum atomic E-state index is 5.91. The van der Waals surface area contributed by atoms with E-state index in [4.69, 9.17) is 10.5 Å². The van der Waals surface area contributed by atoms with Crippen LogP contribution < -0.4 is 15.4 Å². The fraction of sp³-hybridized carbons (Fsp3) is 0.389. The van der Waals surface area contributed by atoms with Crippen LogP contribution in [0, 0.1) is 0 Å². The smallest absolute Gasteiger partial charge is 0.205 e. The number of imidazole rings is 1. The van der Waals surface area contributed by atoms with E-state index in [0.717, 1.165) is 40.2 Å². The summed E-state index contributed by atoms with van der Waals surface area (Å²) < 4.78 is 6.87. The molecule has 2 heterocycles. The van der Waals surface area contributed by atoms with E-state index in [1.54, 1.807) is 18.0 Å². The van der Waals surface area contributed by atoms with Crippen molar-refractivity contribution in [1.82, 2.24) is 20.2 Å². The van der Waals surface area contributed by atoms with E-state index >= 15 is 0 Å². The summed E-state index contributed by atoms with van der Waals surface area (Å²) in [5.74, 6) is 1.62. The molecule has 0 radical (unpaired) electrons. The van der Waals surface area contributed by atoms with Gasteiger partial charge in [-0.2, -0.15) is 10.1 Å². The van der Waals surface area contributed by atoms with Crippen LogP contribution in [0.1, 0.15) is 18.9 Å². The molecule has 3 aromatic rings. The van der Waals surface area contributed by atoms with Crippen LogP contribution >= 0.6 is 27.7 Å². The van der Waals surface area contributed by atoms with Gasteiger partial charge in [0, 0.05) is 23.5 Å². The highest BCUT2D eigenvalue weighted by Gasteiger charge is 2.17. The van der Waals surface area contributed by atoms with Gasteiger partial charge in [-0.25, -0.2) is 0 Å². The number of thioether (sulfide) groups is 1. The van der Waals surface area contributed by atoms with Gasteiger partial charge >= 0.3 is 0 Å². The van der Waals surface area contributed by atoms with Crippen molar-refractivity contribution in [3.05, 3.63) is 34.4 Å². The van der Waals surface area contributed by atoms with Crippen LogP contribution in [0.5, 0.6) is 5.75 Å². The van der Waals surface area contributed by atoms with Crippen molar-refractivity contribution in [3.8, 4) is 5.75 Å². The monoisotopic (exact) mass is 450 g/mol. The number of halogens is 1. The zero-order valence-corrected chi connectivity index (χ0v) is 17.8. The van der Waals surface area contributed by atoms with E-state index in [0.29, 0.717) is 25.3 Å². The number of nitrogens with two attached hydrogens (primary N) is 1. The third-order valence-corrected chi connectivity index (χ3v) is 5.37. The van der Waals surface area contributed by atoms with Crippen molar-refractivity contribution in [2.45, 2.75) is 24.8 Å². The summed E-state index contributed by atoms with van der Waals surface area (Å²) in [5.41, 5.74) is 8.32. The number of H-pyrrole nitrogens is 1. The van der Waals surface area contributed by atoms with Crippen LogP contribution in [0.25, 0.3) is 11.2 Å². The van der Waals surface area contributed by atoms with E-state index < -0.39 is 0 Å². The van der Waals surface area contributed by atoms with Crippen LogP contribution in [0.3, 0.4) is 0 Å². The molecule has 144 valence electrons. The number of nitrogens with one attached hydrogen (secondary N) is 1. The van der Waals surface area contributed by atoms with Gasteiger partial charge in [0.2, 0.25) is 11.6 Å². The van der Waals surface area contributed by atoms with Gasteiger partial charge in [0.25, 0.3) is 0 Å². The molecule has 0 spiro atoms. The predicted octanol–water partition coefficient (Wildman–Crippen LogP) is 3.59.